The van der Waals surface area contributed by atoms with Crippen LogP contribution in [0.25, 0.3) is 10.2 Å². The number of hydrogen-bond acceptors (Lipinski definition) is 7. The molecule has 2 heterocycles. The molecule has 0 bridgehead atoms. The maximum Gasteiger partial charge on any atom is 0.348 e. The van der Waals surface area contributed by atoms with Gasteiger partial charge in [-0.2, -0.15) is 0 Å². The lowest BCUT2D eigenvalue weighted by Gasteiger charge is -2.15. The Morgan fingerprint density at radius 1 is 1.11 bits per heavy atom. The second-order valence-electron chi connectivity index (χ2n) is 7.39. The fourth-order valence-corrected chi connectivity index (χ4v) is 3.43. The SMILES string of the molecule is Cc1c(C(=O)OCC(C)C)sc2ncn([C@H](C)C(=O)OCC(C)C)c(=O)c12. The molecule has 0 aliphatic carbocycles. The van der Waals surface area contributed by atoms with Crippen molar-refractivity contribution in [3.05, 3.63) is 27.1 Å². The molecule has 0 saturated carbocycles. The van der Waals surface area contributed by atoms with E-state index in [1.54, 1.807) is 13.8 Å². The first-order chi connectivity index (χ1) is 12.6. The molecule has 2 aromatic heterocycles. The summed E-state index contributed by atoms with van der Waals surface area (Å²) in [6, 6.07) is -0.802. The van der Waals surface area contributed by atoms with E-state index in [0.717, 1.165) is 11.3 Å². The summed E-state index contributed by atoms with van der Waals surface area (Å²) >= 11 is 1.13. The number of aromatic nitrogens is 2. The van der Waals surface area contributed by atoms with Crippen molar-refractivity contribution in [3.63, 3.8) is 0 Å². The number of ether oxygens (including phenoxy) is 2. The number of aryl methyl sites for hydroxylation is 1. The summed E-state index contributed by atoms with van der Waals surface area (Å²) in [4.78, 5) is 42.5. The molecule has 1 atom stereocenters. The highest BCUT2D eigenvalue weighted by Gasteiger charge is 2.24. The van der Waals surface area contributed by atoms with Crippen LogP contribution < -0.4 is 5.56 Å². The minimum atomic E-state index is -0.802. The van der Waals surface area contributed by atoms with Gasteiger partial charge in [-0.1, -0.05) is 27.7 Å². The smallest absolute Gasteiger partial charge is 0.348 e. The molecule has 0 N–H and O–H groups in total. The van der Waals surface area contributed by atoms with Crippen LogP contribution in [0.15, 0.2) is 11.1 Å². The summed E-state index contributed by atoms with van der Waals surface area (Å²) in [6.07, 6.45) is 1.32. The van der Waals surface area contributed by atoms with Crippen LogP contribution in [0.4, 0.5) is 0 Å². The molecule has 0 aliphatic heterocycles. The molecular formula is C19H26N2O5S. The molecule has 0 aromatic carbocycles. The van der Waals surface area contributed by atoms with Crippen LogP contribution in [-0.4, -0.2) is 34.7 Å². The Bertz CT molecular complexity index is 897. The minimum Gasteiger partial charge on any atom is -0.464 e. The van der Waals surface area contributed by atoms with E-state index in [1.807, 2.05) is 27.7 Å². The van der Waals surface area contributed by atoms with Gasteiger partial charge in [-0.3, -0.25) is 9.36 Å². The maximum absolute atomic E-state index is 12.9. The van der Waals surface area contributed by atoms with Crippen LogP contribution >= 0.6 is 11.3 Å². The van der Waals surface area contributed by atoms with Crippen molar-refractivity contribution < 1.29 is 19.1 Å². The Kier molecular flexibility index (Phi) is 6.75. The van der Waals surface area contributed by atoms with E-state index in [4.69, 9.17) is 9.47 Å². The van der Waals surface area contributed by atoms with Crippen molar-refractivity contribution in [2.45, 2.75) is 47.6 Å². The Hall–Kier alpha value is -2.22. The first-order valence-corrected chi connectivity index (χ1v) is 9.79. The van der Waals surface area contributed by atoms with E-state index in [0.29, 0.717) is 27.3 Å². The molecule has 7 nitrogen and oxygen atoms in total. The molecule has 0 amide bonds. The first kappa shape index (κ1) is 21.1. The van der Waals surface area contributed by atoms with E-state index in [9.17, 15) is 14.4 Å². The van der Waals surface area contributed by atoms with Gasteiger partial charge in [-0.05, 0) is 31.2 Å². The number of carbonyl (C=O) groups excluding carboxylic acids is 2. The normalized spacial score (nSPS) is 12.6. The second kappa shape index (κ2) is 8.65. The summed E-state index contributed by atoms with van der Waals surface area (Å²) in [6.45, 7) is 11.7. The van der Waals surface area contributed by atoms with Gasteiger partial charge in [0.15, 0.2) is 0 Å². The van der Waals surface area contributed by atoms with Gasteiger partial charge in [0.25, 0.3) is 5.56 Å². The van der Waals surface area contributed by atoms with E-state index in [-0.39, 0.29) is 24.0 Å². The molecular weight excluding hydrogens is 368 g/mol. The fourth-order valence-electron chi connectivity index (χ4n) is 2.40. The minimum absolute atomic E-state index is 0.206. The summed E-state index contributed by atoms with van der Waals surface area (Å²) < 4.78 is 11.7. The lowest BCUT2D eigenvalue weighted by Crippen LogP contribution is -2.30. The third-order valence-corrected chi connectivity index (χ3v) is 5.11. The lowest BCUT2D eigenvalue weighted by atomic mass is 10.2. The van der Waals surface area contributed by atoms with Gasteiger partial charge < -0.3 is 9.47 Å². The number of esters is 2. The van der Waals surface area contributed by atoms with Gasteiger partial charge in [0.05, 0.1) is 24.9 Å². The monoisotopic (exact) mass is 394 g/mol. The Labute approximate surface area is 162 Å². The highest BCUT2D eigenvalue weighted by atomic mass is 32.1. The zero-order valence-corrected chi connectivity index (χ0v) is 17.4. The van der Waals surface area contributed by atoms with E-state index < -0.39 is 18.0 Å². The zero-order valence-electron chi connectivity index (χ0n) is 16.6. The van der Waals surface area contributed by atoms with Gasteiger partial charge in [0.2, 0.25) is 0 Å². The Morgan fingerprint density at radius 2 is 1.70 bits per heavy atom. The maximum atomic E-state index is 12.9. The quantitative estimate of drug-likeness (QED) is 0.669. The summed E-state index contributed by atoms with van der Waals surface area (Å²) in [5.74, 6) is -0.523. The molecule has 0 radical (unpaired) electrons. The molecule has 0 spiro atoms. The summed E-state index contributed by atoms with van der Waals surface area (Å²) in [5.41, 5.74) is 0.156. The van der Waals surface area contributed by atoms with Crippen LogP contribution in [0.2, 0.25) is 0 Å². The molecule has 0 fully saturated rings. The standard InChI is InChI=1S/C19H26N2O5S/c1-10(2)7-25-18(23)13(6)21-9-20-16-14(17(21)22)12(5)15(27-16)19(24)26-8-11(3)4/h9-11,13H,7-8H2,1-6H3/t13-/m1/s1. The number of fused-ring (bicyclic) bond motifs is 1. The molecule has 0 saturated heterocycles. The van der Waals surface area contributed by atoms with Crippen LogP contribution in [0.3, 0.4) is 0 Å². The third-order valence-electron chi connectivity index (χ3n) is 3.93. The summed E-state index contributed by atoms with van der Waals surface area (Å²) in [7, 11) is 0. The number of carbonyl (C=O) groups is 2. The van der Waals surface area contributed by atoms with Crippen molar-refractivity contribution in [3.8, 4) is 0 Å². The van der Waals surface area contributed by atoms with Gasteiger partial charge in [-0.25, -0.2) is 14.6 Å². The average Bonchev–Trinajstić information content (AvgIpc) is 2.94. The van der Waals surface area contributed by atoms with E-state index >= 15 is 0 Å². The Morgan fingerprint density at radius 3 is 2.30 bits per heavy atom. The fraction of sp³-hybridized carbons (Fsp3) is 0.579. The van der Waals surface area contributed by atoms with Gasteiger partial charge in [0, 0.05) is 0 Å². The predicted molar refractivity (Wildman–Crippen MR) is 104 cm³/mol. The van der Waals surface area contributed by atoms with Crippen LogP contribution in [0.5, 0.6) is 0 Å². The zero-order chi connectivity index (χ0) is 20.3. The van der Waals surface area contributed by atoms with Gasteiger partial charge in [-0.15, -0.1) is 11.3 Å². The number of hydrogen-bond donors (Lipinski definition) is 0. The predicted octanol–water partition coefficient (Wildman–Crippen LogP) is 3.34. The molecule has 0 aliphatic rings. The Balaban J connectivity index is 2.36. The highest BCUT2D eigenvalue weighted by molar-refractivity contribution is 7.20. The van der Waals surface area contributed by atoms with Crippen molar-refractivity contribution in [2.24, 2.45) is 11.8 Å². The molecule has 27 heavy (non-hydrogen) atoms. The van der Waals surface area contributed by atoms with Gasteiger partial charge >= 0.3 is 11.9 Å². The average molecular weight is 394 g/mol. The third kappa shape index (κ3) is 4.74. The number of rotatable bonds is 7. The summed E-state index contributed by atoms with van der Waals surface area (Å²) in [5, 5.41) is 0.336. The van der Waals surface area contributed by atoms with Crippen molar-refractivity contribution >= 4 is 33.5 Å². The number of nitrogens with zero attached hydrogens (tertiary/aromatic N) is 2. The molecule has 8 heteroatoms. The lowest BCUT2D eigenvalue weighted by molar-refractivity contribution is -0.148. The molecule has 148 valence electrons. The van der Waals surface area contributed by atoms with Crippen molar-refractivity contribution in [1.29, 1.82) is 0 Å². The molecule has 2 aromatic rings. The number of thiophene rings is 1. The van der Waals surface area contributed by atoms with Crippen LogP contribution in [0, 0.1) is 18.8 Å². The van der Waals surface area contributed by atoms with Gasteiger partial charge in [0.1, 0.15) is 15.7 Å². The van der Waals surface area contributed by atoms with E-state index in [2.05, 4.69) is 4.98 Å². The topological polar surface area (TPSA) is 87.5 Å². The van der Waals surface area contributed by atoms with E-state index in [1.165, 1.54) is 10.9 Å². The molecule has 2 rings (SSSR count). The molecule has 0 unspecified atom stereocenters. The van der Waals surface area contributed by atoms with Crippen molar-refractivity contribution in [1.82, 2.24) is 9.55 Å². The first-order valence-electron chi connectivity index (χ1n) is 8.97. The van der Waals surface area contributed by atoms with Crippen molar-refractivity contribution in [2.75, 3.05) is 13.2 Å². The van der Waals surface area contributed by atoms with Crippen LogP contribution in [-0.2, 0) is 14.3 Å². The highest BCUT2D eigenvalue weighted by Crippen LogP contribution is 2.28. The second-order valence-corrected chi connectivity index (χ2v) is 8.38. The largest absolute Gasteiger partial charge is 0.464 e. The van der Waals surface area contributed by atoms with Crippen LogP contribution in [0.1, 0.15) is 55.9 Å².